The van der Waals surface area contributed by atoms with Crippen LogP contribution < -0.4 is 5.32 Å². The van der Waals surface area contributed by atoms with Crippen LogP contribution in [0.4, 0.5) is 5.82 Å². The molecule has 3 rings (SSSR count). The number of nitriles is 1. The molecule has 6 heteroatoms. The number of hydrogen-bond acceptors (Lipinski definition) is 4. The zero-order valence-corrected chi connectivity index (χ0v) is 15.8. The maximum atomic E-state index is 12.4. The predicted molar refractivity (Wildman–Crippen MR) is 107 cm³/mol. The van der Waals surface area contributed by atoms with E-state index in [1.165, 1.54) is 6.08 Å². The van der Waals surface area contributed by atoms with Gasteiger partial charge in [0.15, 0.2) is 0 Å². The van der Waals surface area contributed by atoms with Crippen molar-refractivity contribution in [3.63, 3.8) is 0 Å². The Morgan fingerprint density at radius 1 is 1.25 bits per heavy atom. The van der Waals surface area contributed by atoms with Crippen LogP contribution in [0.3, 0.4) is 0 Å². The maximum absolute atomic E-state index is 12.4. The molecule has 1 fully saturated rings. The molecule has 0 radical (unpaired) electrons. The molecule has 6 nitrogen and oxygen atoms in total. The first-order valence-electron chi connectivity index (χ1n) is 9.26. The van der Waals surface area contributed by atoms with Gasteiger partial charge in [0.05, 0.1) is 11.6 Å². The van der Waals surface area contributed by atoms with Crippen molar-refractivity contribution in [2.45, 2.75) is 19.8 Å². The van der Waals surface area contributed by atoms with E-state index in [1.54, 1.807) is 35.4 Å². The van der Waals surface area contributed by atoms with E-state index in [9.17, 15) is 9.59 Å². The minimum atomic E-state index is -0.130. The highest BCUT2D eigenvalue weighted by atomic mass is 16.2. The molecule has 2 heterocycles. The molecule has 0 saturated carbocycles. The van der Waals surface area contributed by atoms with Gasteiger partial charge in [-0.25, -0.2) is 4.98 Å². The first kappa shape index (κ1) is 19.3. The lowest BCUT2D eigenvalue weighted by molar-refractivity contribution is -0.130. The zero-order valence-electron chi connectivity index (χ0n) is 15.8. The molecule has 0 atom stereocenters. The number of nitrogens with one attached hydrogen (secondary N) is 1. The second-order valence-electron chi connectivity index (χ2n) is 6.84. The van der Waals surface area contributed by atoms with Crippen LogP contribution in [0.2, 0.25) is 0 Å². The van der Waals surface area contributed by atoms with Crippen molar-refractivity contribution in [2.75, 3.05) is 18.4 Å². The van der Waals surface area contributed by atoms with Crippen LogP contribution >= 0.6 is 0 Å². The fourth-order valence-electron chi connectivity index (χ4n) is 3.21. The number of rotatable bonds is 4. The molecule has 1 aliphatic heterocycles. The SMILES string of the molecule is Cc1ccnc(NC(=O)C2CCN(C(=O)/C=C/c3ccccc3C#N)CC2)c1. The summed E-state index contributed by atoms with van der Waals surface area (Å²) in [5, 5.41) is 12.0. The Morgan fingerprint density at radius 2 is 2.00 bits per heavy atom. The van der Waals surface area contributed by atoms with Crippen LogP contribution in [-0.4, -0.2) is 34.8 Å². The van der Waals surface area contributed by atoms with E-state index in [0.29, 0.717) is 37.3 Å². The summed E-state index contributed by atoms with van der Waals surface area (Å²) in [5.74, 6) is 0.271. The first-order chi connectivity index (χ1) is 13.6. The molecule has 0 unspecified atom stereocenters. The highest BCUT2D eigenvalue weighted by Crippen LogP contribution is 2.20. The monoisotopic (exact) mass is 374 g/mol. The first-order valence-corrected chi connectivity index (χ1v) is 9.26. The van der Waals surface area contributed by atoms with Crippen molar-refractivity contribution >= 4 is 23.7 Å². The van der Waals surface area contributed by atoms with Gasteiger partial charge in [-0.3, -0.25) is 9.59 Å². The summed E-state index contributed by atoms with van der Waals surface area (Å²) < 4.78 is 0. The summed E-state index contributed by atoms with van der Waals surface area (Å²) in [6.45, 7) is 3.01. The molecule has 1 aromatic carbocycles. The number of amides is 2. The molecule has 0 aliphatic carbocycles. The molecule has 2 aromatic rings. The summed E-state index contributed by atoms with van der Waals surface area (Å²) in [5.41, 5.74) is 2.29. The van der Waals surface area contributed by atoms with Gasteiger partial charge in [0.1, 0.15) is 5.82 Å². The number of carbonyl (C=O) groups is 2. The van der Waals surface area contributed by atoms with E-state index < -0.39 is 0 Å². The van der Waals surface area contributed by atoms with E-state index in [4.69, 9.17) is 5.26 Å². The number of aromatic nitrogens is 1. The summed E-state index contributed by atoms with van der Waals surface area (Å²) in [7, 11) is 0. The Labute approximate surface area is 164 Å². The number of hydrogen-bond donors (Lipinski definition) is 1. The maximum Gasteiger partial charge on any atom is 0.246 e. The molecule has 1 saturated heterocycles. The number of benzene rings is 1. The summed E-state index contributed by atoms with van der Waals surface area (Å²) >= 11 is 0. The third kappa shape index (κ3) is 4.83. The van der Waals surface area contributed by atoms with Crippen molar-refractivity contribution in [2.24, 2.45) is 5.92 Å². The highest BCUT2D eigenvalue weighted by molar-refractivity contribution is 5.93. The molecule has 142 valence electrons. The Morgan fingerprint density at radius 3 is 2.71 bits per heavy atom. The standard InChI is InChI=1S/C22H22N4O2/c1-16-8-11-24-20(14-16)25-22(28)18-9-12-26(13-10-18)21(27)7-6-17-4-2-3-5-19(17)15-23/h2-8,11,14,18H,9-10,12-13H2,1H3,(H,24,25,28)/b7-6+. The van der Waals surface area contributed by atoms with Gasteiger partial charge in [-0.15, -0.1) is 0 Å². The second-order valence-corrected chi connectivity index (χ2v) is 6.84. The molecule has 28 heavy (non-hydrogen) atoms. The van der Waals surface area contributed by atoms with Crippen molar-refractivity contribution in [1.29, 1.82) is 5.26 Å². The van der Waals surface area contributed by atoms with E-state index in [0.717, 1.165) is 11.1 Å². The molecule has 0 bridgehead atoms. The van der Waals surface area contributed by atoms with Crippen LogP contribution in [0.5, 0.6) is 0 Å². The van der Waals surface area contributed by atoms with Crippen LogP contribution in [-0.2, 0) is 9.59 Å². The van der Waals surface area contributed by atoms with E-state index in [2.05, 4.69) is 16.4 Å². The topological polar surface area (TPSA) is 86.1 Å². The molecular weight excluding hydrogens is 352 g/mol. The number of piperidine rings is 1. The van der Waals surface area contributed by atoms with E-state index in [-0.39, 0.29) is 17.7 Å². The molecule has 1 aromatic heterocycles. The number of pyridine rings is 1. The molecule has 1 aliphatic rings. The van der Waals surface area contributed by atoms with Crippen molar-refractivity contribution in [3.05, 3.63) is 65.4 Å². The van der Waals surface area contributed by atoms with Gasteiger partial charge < -0.3 is 10.2 Å². The van der Waals surface area contributed by atoms with Gasteiger partial charge >= 0.3 is 0 Å². The van der Waals surface area contributed by atoms with Gasteiger partial charge in [0, 0.05) is 31.3 Å². The lowest BCUT2D eigenvalue weighted by atomic mass is 9.95. The fourth-order valence-corrected chi connectivity index (χ4v) is 3.21. The second kappa shape index (κ2) is 8.96. The number of likely N-dealkylation sites (tertiary alicyclic amines) is 1. The Hall–Kier alpha value is -3.46. The molecule has 2 amide bonds. The van der Waals surface area contributed by atoms with Gasteiger partial charge in [0.2, 0.25) is 11.8 Å². The van der Waals surface area contributed by atoms with Crippen LogP contribution in [0, 0.1) is 24.2 Å². The fraction of sp³-hybridized carbons (Fsp3) is 0.273. The average molecular weight is 374 g/mol. The minimum absolute atomic E-state index is 0.0521. The van der Waals surface area contributed by atoms with Gasteiger partial charge in [-0.2, -0.15) is 5.26 Å². The molecular formula is C22H22N4O2. The zero-order chi connectivity index (χ0) is 19.9. The predicted octanol–water partition coefficient (Wildman–Crippen LogP) is 3.15. The lowest BCUT2D eigenvalue weighted by Crippen LogP contribution is -2.40. The number of aryl methyl sites for hydroxylation is 1. The Kier molecular flexibility index (Phi) is 6.18. The number of carbonyl (C=O) groups excluding carboxylic acids is 2. The van der Waals surface area contributed by atoms with E-state index in [1.807, 2.05) is 25.1 Å². The van der Waals surface area contributed by atoms with E-state index >= 15 is 0 Å². The Bertz CT molecular complexity index is 938. The van der Waals surface area contributed by atoms with Crippen molar-refractivity contribution in [1.82, 2.24) is 9.88 Å². The number of nitrogens with zero attached hydrogens (tertiary/aromatic N) is 3. The van der Waals surface area contributed by atoms with Crippen LogP contribution in [0.15, 0.2) is 48.7 Å². The molecule has 1 N–H and O–H groups in total. The van der Waals surface area contributed by atoms with Crippen molar-refractivity contribution < 1.29 is 9.59 Å². The summed E-state index contributed by atoms with van der Waals surface area (Å²) in [6, 6.07) is 13.0. The van der Waals surface area contributed by atoms with Crippen molar-refractivity contribution in [3.8, 4) is 6.07 Å². The largest absolute Gasteiger partial charge is 0.339 e. The third-order valence-corrected chi connectivity index (χ3v) is 4.83. The third-order valence-electron chi connectivity index (χ3n) is 4.83. The van der Waals surface area contributed by atoms with Crippen LogP contribution in [0.25, 0.3) is 6.08 Å². The lowest BCUT2D eigenvalue weighted by Gasteiger charge is -2.30. The highest BCUT2D eigenvalue weighted by Gasteiger charge is 2.26. The van der Waals surface area contributed by atoms with Gasteiger partial charge in [-0.1, -0.05) is 18.2 Å². The summed E-state index contributed by atoms with van der Waals surface area (Å²) in [6.07, 6.45) is 6.07. The van der Waals surface area contributed by atoms with Crippen LogP contribution in [0.1, 0.15) is 29.5 Å². The normalized spacial score (nSPS) is 14.6. The molecule has 0 spiro atoms. The van der Waals surface area contributed by atoms with Gasteiger partial charge in [-0.05, 0) is 55.2 Å². The smallest absolute Gasteiger partial charge is 0.246 e. The summed E-state index contributed by atoms with van der Waals surface area (Å²) in [4.78, 5) is 30.8. The Balaban J connectivity index is 1.53. The number of anilines is 1. The average Bonchev–Trinajstić information content (AvgIpc) is 2.72. The quantitative estimate of drug-likeness (QED) is 0.833. The minimum Gasteiger partial charge on any atom is -0.339 e. The van der Waals surface area contributed by atoms with Gasteiger partial charge in [0.25, 0.3) is 0 Å².